The van der Waals surface area contributed by atoms with Gasteiger partial charge in [-0.1, -0.05) is 25.0 Å². The van der Waals surface area contributed by atoms with Crippen LogP contribution in [-0.4, -0.2) is 17.2 Å². The Labute approximate surface area is 101 Å². The molecule has 92 valence electrons. The number of rotatable bonds is 5. The van der Waals surface area contributed by atoms with Gasteiger partial charge in [0.15, 0.2) is 0 Å². The van der Waals surface area contributed by atoms with Gasteiger partial charge in [0.05, 0.1) is 11.7 Å². The van der Waals surface area contributed by atoms with E-state index < -0.39 is 5.97 Å². The van der Waals surface area contributed by atoms with E-state index in [4.69, 9.17) is 9.94 Å². The van der Waals surface area contributed by atoms with E-state index in [1.165, 1.54) is 12.8 Å². The molecule has 0 bridgehead atoms. The first kappa shape index (κ1) is 12.1. The first-order valence-electron chi connectivity index (χ1n) is 5.96. The highest BCUT2D eigenvalue weighted by Gasteiger charge is 2.15. The van der Waals surface area contributed by atoms with Crippen molar-refractivity contribution < 1.29 is 14.7 Å². The van der Waals surface area contributed by atoms with Crippen molar-refractivity contribution in [1.29, 1.82) is 0 Å². The summed E-state index contributed by atoms with van der Waals surface area (Å²) in [7, 11) is 0. The molecule has 1 saturated carbocycles. The molecule has 0 radical (unpaired) electrons. The lowest BCUT2D eigenvalue weighted by molar-refractivity contribution is -0.0244. The SMILES string of the molecule is O=C(O)c1ccc(CNOC2CCCC2)cc1. The largest absolute Gasteiger partial charge is 0.478 e. The summed E-state index contributed by atoms with van der Waals surface area (Å²) in [6.07, 6.45) is 5.10. The van der Waals surface area contributed by atoms with Gasteiger partial charge in [0.25, 0.3) is 0 Å². The number of benzene rings is 1. The molecule has 0 heterocycles. The molecule has 1 aromatic rings. The molecule has 1 aromatic carbocycles. The molecular formula is C13H17NO3. The average Bonchev–Trinajstić information content (AvgIpc) is 2.83. The highest BCUT2D eigenvalue weighted by atomic mass is 16.7. The van der Waals surface area contributed by atoms with E-state index in [0.29, 0.717) is 18.2 Å². The lowest BCUT2D eigenvalue weighted by atomic mass is 10.1. The van der Waals surface area contributed by atoms with Crippen molar-refractivity contribution in [2.24, 2.45) is 0 Å². The number of carbonyl (C=O) groups is 1. The van der Waals surface area contributed by atoms with Gasteiger partial charge in [-0.15, -0.1) is 0 Å². The minimum atomic E-state index is -0.897. The second kappa shape index (κ2) is 5.80. The predicted molar refractivity (Wildman–Crippen MR) is 63.6 cm³/mol. The van der Waals surface area contributed by atoms with E-state index in [2.05, 4.69) is 5.48 Å². The number of carboxylic acids is 1. The Balaban J connectivity index is 1.76. The average molecular weight is 235 g/mol. The van der Waals surface area contributed by atoms with E-state index in [1.807, 2.05) is 0 Å². The summed E-state index contributed by atoms with van der Waals surface area (Å²) in [5.41, 5.74) is 4.28. The second-order valence-electron chi connectivity index (χ2n) is 4.35. The number of carboxylic acid groups (broad SMARTS) is 1. The predicted octanol–water partition coefficient (Wildman–Crippen LogP) is 2.35. The van der Waals surface area contributed by atoms with Crippen LogP contribution in [0.1, 0.15) is 41.6 Å². The molecule has 0 aromatic heterocycles. The highest BCUT2D eigenvalue weighted by molar-refractivity contribution is 5.87. The number of hydrogen-bond acceptors (Lipinski definition) is 3. The standard InChI is InChI=1S/C13H17NO3/c15-13(16)11-7-5-10(6-8-11)9-14-17-12-3-1-2-4-12/h5-8,12,14H,1-4,9H2,(H,15,16). The number of aromatic carboxylic acids is 1. The van der Waals surface area contributed by atoms with Crippen molar-refractivity contribution >= 4 is 5.97 Å². The van der Waals surface area contributed by atoms with Crippen LogP contribution in [-0.2, 0) is 11.4 Å². The topological polar surface area (TPSA) is 58.6 Å². The van der Waals surface area contributed by atoms with Gasteiger partial charge in [-0.25, -0.2) is 4.79 Å². The zero-order valence-electron chi connectivity index (χ0n) is 9.69. The summed E-state index contributed by atoms with van der Waals surface area (Å²) < 4.78 is 0. The molecular weight excluding hydrogens is 218 g/mol. The molecule has 0 unspecified atom stereocenters. The van der Waals surface area contributed by atoms with Crippen LogP contribution < -0.4 is 5.48 Å². The Morgan fingerprint density at radius 3 is 2.53 bits per heavy atom. The molecule has 2 N–H and O–H groups in total. The van der Waals surface area contributed by atoms with Crippen LogP contribution >= 0.6 is 0 Å². The third-order valence-electron chi connectivity index (χ3n) is 3.03. The van der Waals surface area contributed by atoms with Gasteiger partial charge in [-0.05, 0) is 30.5 Å². The lowest BCUT2D eigenvalue weighted by Gasteiger charge is -2.11. The van der Waals surface area contributed by atoms with Crippen LogP contribution in [0.3, 0.4) is 0 Å². The van der Waals surface area contributed by atoms with Crippen LogP contribution in [0.5, 0.6) is 0 Å². The van der Waals surface area contributed by atoms with Crippen molar-refractivity contribution in [3.05, 3.63) is 35.4 Å². The second-order valence-corrected chi connectivity index (χ2v) is 4.35. The van der Waals surface area contributed by atoms with E-state index in [0.717, 1.165) is 18.4 Å². The molecule has 4 nitrogen and oxygen atoms in total. The van der Waals surface area contributed by atoms with Crippen molar-refractivity contribution in [3.8, 4) is 0 Å². The van der Waals surface area contributed by atoms with Crippen LogP contribution in [0.2, 0.25) is 0 Å². The van der Waals surface area contributed by atoms with Crippen molar-refractivity contribution in [1.82, 2.24) is 5.48 Å². The van der Waals surface area contributed by atoms with Crippen molar-refractivity contribution in [2.45, 2.75) is 38.3 Å². The van der Waals surface area contributed by atoms with Crippen molar-refractivity contribution in [3.63, 3.8) is 0 Å². The molecule has 0 amide bonds. The summed E-state index contributed by atoms with van der Waals surface area (Å²) >= 11 is 0. The quantitative estimate of drug-likeness (QED) is 0.769. The minimum absolute atomic E-state index is 0.311. The fourth-order valence-corrected chi connectivity index (χ4v) is 2.01. The van der Waals surface area contributed by atoms with Crippen LogP contribution in [0.15, 0.2) is 24.3 Å². The summed E-state index contributed by atoms with van der Waals surface area (Å²) in [5, 5.41) is 8.76. The lowest BCUT2D eigenvalue weighted by Crippen LogP contribution is -2.21. The van der Waals surface area contributed by atoms with Crippen LogP contribution in [0, 0.1) is 0 Å². The van der Waals surface area contributed by atoms with Crippen molar-refractivity contribution in [2.75, 3.05) is 0 Å². The molecule has 2 rings (SSSR count). The van der Waals surface area contributed by atoms with Gasteiger partial charge >= 0.3 is 5.97 Å². The van der Waals surface area contributed by atoms with E-state index >= 15 is 0 Å². The monoisotopic (exact) mass is 235 g/mol. The molecule has 1 aliphatic carbocycles. The molecule has 0 saturated heterocycles. The Kier molecular flexibility index (Phi) is 4.12. The third kappa shape index (κ3) is 3.54. The minimum Gasteiger partial charge on any atom is -0.478 e. The summed E-state index contributed by atoms with van der Waals surface area (Å²) in [6, 6.07) is 6.81. The number of hydroxylamine groups is 1. The Hall–Kier alpha value is -1.39. The van der Waals surface area contributed by atoms with Gasteiger partial charge in [-0.3, -0.25) is 4.84 Å². The normalized spacial score (nSPS) is 16.2. The van der Waals surface area contributed by atoms with Gasteiger partial charge in [-0.2, -0.15) is 5.48 Å². The zero-order chi connectivity index (χ0) is 12.1. The van der Waals surface area contributed by atoms with Gasteiger partial charge in [0, 0.05) is 6.54 Å². The molecule has 0 atom stereocenters. The van der Waals surface area contributed by atoms with Crippen LogP contribution in [0.4, 0.5) is 0 Å². The van der Waals surface area contributed by atoms with Gasteiger partial charge in [0.1, 0.15) is 0 Å². The smallest absolute Gasteiger partial charge is 0.335 e. The molecule has 1 aliphatic rings. The molecule has 17 heavy (non-hydrogen) atoms. The number of nitrogens with one attached hydrogen (secondary N) is 1. The van der Waals surface area contributed by atoms with E-state index in [9.17, 15) is 4.79 Å². The number of hydrogen-bond donors (Lipinski definition) is 2. The Morgan fingerprint density at radius 1 is 1.29 bits per heavy atom. The van der Waals surface area contributed by atoms with E-state index in [-0.39, 0.29) is 0 Å². The van der Waals surface area contributed by atoms with Gasteiger partial charge < -0.3 is 5.11 Å². The Morgan fingerprint density at radius 2 is 1.94 bits per heavy atom. The maximum absolute atomic E-state index is 10.7. The maximum atomic E-state index is 10.7. The fourth-order valence-electron chi connectivity index (χ4n) is 2.01. The summed E-state index contributed by atoms with van der Waals surface area (Å²) in [5.74, 6) is -0.897. The van der Waals surface area contributed by atoms with Crippen LogP contribution in [0.25, 0.3) is 0 Å². The zero-order valence-corrected chi connectivity index (χ0v) is 9.69. The summed E-state index contributed by atoms with van der Waals surface area (Å²) in [4.78, 5) is 16.2. The molecule has 1 fully saturated rings. The first-order chi connectivity index (χ1) is 8.25. The van der Waals surface area contributed by atoms with E-state index in [1.54, 1.807) is 24.3 Å². The van der Waals surface area contributed by atoms with Gasteiger partial charge in [0.2, 0.25) is 0 Å². The summed E-state index contributed by atoms with van der Waals surface area (Å²) in [6.45, 7) is 0.608. The molecule has 0 spiro atoms. The highest BCUT2D eigenvalue weighted by Crippen LogP contribution is 2.19. The molecule has 4 heteroatoms. The Bertz CT molecular complexity index is 369. The maximum Gasteiger partial charge on any atom is 0.335 e. The fraction of sp³-hybridized carbons (Fsp3) is 0.462. The third-order valence-corrected chi connectivity index (χ3v) is 3.03. The first-order valence-corrected chi connectivity index (χ1v) is 5.96. The molecule has 0 aliphatic heterocycles.